The summed E-state index contributed by atoms with van der Waals surface area (Å²) in [5.74, 6) is 3.50. The number of fused-ring (bicyclic) bond motifs is 4. The van der Waals surface area contributed by atoms with Gasteiger partial charge in [0.25, 0.3) is 5.91 Å². The van der Waals surface area contributed by atoms with E-state index in [4.69, 9.17) is 15.5 Å². The Morgan fingerprint density at radius 1 is 1.10 bits per heavy atom. The van der Waals surface area contributed by atoms with Crippen LogP contribution in [0.15, 0.2) is 42.5 Å². The Morgan fingerprint density at radius 2 is 1.95 bits per heavy atom. The summed E-state index contributed by atoms with van der Waals surface area (Å²) in [7, 11) is 3.72. The molecule has 7 heteroatoms. The molecule has 0 radical (unpaired) electrons. The van der Waals surface area contributed by atoms with Crippen molar-refractivity contribution in [1.82, 2.24) is 19.0 Å². The van der Waals surface area contributed by atoms with E-state index in [-0.39, 0.29) is 18.0 Å². The highest BCUT2D eigenvalue weighted by Crippen LogP contribution is 2.40. The van der Waals surface area contributed by atoms with Crippen LogP contribution in [0.4, 0.5) is 0 Å². The lowest BCUT2D eigenvalue weighted by Crippen LogP contribution is -2.41. The molecule has 8 rings (SSSR count). The first kappa shape index (κ1) is 24.2. The number of methoxy groups -OCH3 is 1. The van der Waals surface area contributed by atoms with E-state index in [1.165, 1.54) is 42.1 Å². The van der Waals surface area contributed by atoms with Gasteiger partial charge in [0.15, 0.2) is 5.82 Å². The normalized spacial score (nSPS) is 24.3. The zero-order chi connectivity index (χ0) is 27.1. The first-order valence-corrected chi connectivity index (χ1v) is 14.9. The summed E-state index contributed by atoms with van der Waals surface area (Å²) >= 11 is 0. The maximum atomic E-state index is 13.7. The number of piperidine rings is 1. The smallest absolute Gasteiger partial charge is 0.254 e. The fraction of sp³-hybridized carbons (Fsp3) is 0.455. The summed E-state index contributed by atoms with van der Waals surface area (Å²) in [5.41, 5.74) is 12.3. The van der Waals surface area contributed by atoms with Crippen molar-refractivity contribution in [2.45, 2.75) is 57.2 Å². The van der Waals surface area contributed by atoms with Crippen molar-refractivity contribution in [1.29, 1.82) is 0 Å². The van der Waals surface area contributed by atoms with E-state index in [1.54, 1.807) is 7.11 Å². The SMILES string of the molecule is COc1cc(C(=O)N2C[C@H]3CCC2C3N)cc2nc(-c3cc4cc(/C=C/C5CC5)ccc4n3CC3CC3)n(C)c12. The van der Waals surface area contributed by atoms with Crippen LogP contribution in [0, 0.1) is 17.8 Å². The first-order chi connectivity index (χ1) is 19.5. The number of likely N-dealkylation sites (tertiary alicyclic amines) is 1. The van der Waals surface area contributed by atoms with E-state index in [0.29, 0.717) is 17.2 Å². The predicted molar refractivity (Wildman–Crippen MR) is 158 cm³/mol. The average molecular weight is 536 g/mol. The summed E-state index contributed by atoms with van der Waals surface area (Å²) in [6, 6.07) is 13.1. The maximum absolute atomic E-state index is 13.7. The van der Waals surface area contributed by atoms with Gasteiger partial charge in [0.05, 0.1) is 18.3 Å². The average Bonchev–Trinajstić information content (AvgIpc) is 3.87. The molecule has 7 nitrogen and oxygen atoms in total. The third-order valence-electron chi connectivity index (χ3n) is 9.79. The second kappa shape index (κ2) is 8.96. The molecule has 4 fully saturated rings. The van der Waals surface area contributed by atoms with Gasteiger partial charge in [0.1, 0.15) is 11.3 Å². The minimum atomic E-state index is 0.0321. The molecule has 3 heterocycles. The van der Waals surface area contributed by atoms with Crippen LogP contribution < -0.4 is 10.5 Å². The van der Waals surface area contributed by atoms with E-state index in [0.717, 1.165) is 60.3 Å². The summed E-state index contributed by atoms with van der Waals surface area (Å²) in [6.07, 6.45) is 11.9. The van der Waals surface area contributed by atoms with Gasteiger partial charge in [-0.1, -0.05) is 18.2 Å². The summed E-state index contributed by atoms with van der Waals surface area (Å²) < 4.78 is 10.4. The molecule has 2 aromatic heterocycles. The number of imidazole rings is 1. The first-order valence-electron chi connectivity index (χ1n) is 14.9. The van der Waals surface area contributed by atoms with Gasteiger partial charge in [0.2, 0.25) is 0 Å². The maximum Gasteiger partial charge on any atom is 0.254 e. The number of carbonyl (C=O) groups excluding carboxylic acids is 1. The van der Waals surface area contributed by atoms with Gasteiger partial charge in [-0.25, -0.2) is 4.98 Å². The van der Waals surface area contributed by atoms with Gasteiger partial charge in [-0.05, 0) is 92.2 Å². The van der Waals surface area contributed by atoms with E-state index < -0.39 is 0 Å². The van der Waals surface area contributed by atoms with E-state index in [2.05, 4.69) is 52.6 Å². The molecule has 3 aliphatic carbocycles. The highest BCUT2D eigenvalue weighted by molar-refractivity contribution is 6.00. The summed E-state index contributed by atoms with van der Waals surface area (Å²) in [6.45, 7) is 1.75. The number of hydrogen-bond acceptors (Lipinski definition) is 4. The van der Waals surface area contributed by atoms with Gasteiger partial charge in [-0.3, -0.25) is 4.79 Å². The largest absolute Gasteiger partial charge is 0.494 e. The molecule has 2 unspecified atom stereocenters. The zero-order valence-corrected chi connectivity index (χ0v) is 23.3. The number of ether oxygens (including phenoxy) is 1. The monoisotopic (exact) mass is 535 g/mol. The lowest BCUT2D eigenvalue weighted by atomic mass is 10.1. The minimum Gasteiger partial charge on any atom is -0.494 e. The predicted octanol–water partition coefficient (Wildman–Crippen LogP) is 5.60. The Labute approximate surface area is 234 Å². The second-order valence-electron chi connectivity index (χ2n) is 12.6. The molecule has 40 heavy (non-hydrogen) atoms. The van der Waals surface area contributed by atoms with E-state index in [9.17, 15) is 4.79 Å². The van der Waals surface area contributed by atoms with Gasteiger partial charge < -0.3 is 24.5 Å². The summed E-state index contributed by atoms with van der Waals surface area (Å²) in [5, 5.41) is 1.24. The van der Waals surface area contributed by atoms with Crippen LogP contribution in [0.25, 0.3) is 39.5 Å². The number of nitrogens with zero attached hydrogens (tertiary/aromatic N) is 4. The van der Waals surface area contributed by atoms with Crippen molar-refractivity contribution in [2.75, 3.05) is 13.7 Å². The van der Waals surface area contributed by atoms with Crippen molar-refractivity contribution in [3.8, 4) is 17.3 Å². The topological polar surface area (TPSA) is 78.3 Å². The fourth-order valence-corrected chi connectivity index (χ4v) is 7.14. The van der Waals surface area contributed by atoms with Crippen molar-refractivity contribution in [3.63, 3.8) is 0 Å². The molecule has 4 aliphatic rings. The second-order valence-corrected chi connectivity index (χ2v) is 12.6. The molecule has 0 spiro atoms. The van der Waals surface area contributed by atoms with Gasteiger partial charge >= 0.3 is 0 Å². The number of allylic oxidation sites excluding steroid dienone is 1. The molecule has 3 saturated carbocycles. The highest BCUT2D eigenvalue weighted by Gasteiger charge is 2.47. The third-order valence-corrected chi connectivity index (χ3v) is 9.79. The number of aromatic nitrogens is 3. The number of carbonyl (C=O) groups is 1. The molecule has 4 aromatic rings. The number of rotatable bonds is 7. The van der Waals surface area contributed by atoms with Crippen molar-refractivity contribution < 1.29 is 9.53 Å². The Bertz CT molecular complexity index is 1690. The Balaban J connectivity index is 1.22. The molecule has 1 saturated heterocycles. The molecule has 2 aromatic carbocycles. The van der Waals surface area contributed by atoms with Crippen molar-refractivity contribution >= 4 is 33.9 Å². The number of aryl methyl sites for hydroxylation is 1. The minimum absolute atomic E-state index is 0.0321. The lowest BCUT2D eigenvalue weighted by Gasteiger charge is -2.27. The lowest BCUT2D eigenvalue weighted by molar-refractivity contribution is 0.0700. The quantitative estimate of drug-likeness (QED) is 0.334. The Kier molecular flexibility index (Phi) is 5.43. The van der Waals surface area contributed by atoms with Crippen LogP contribution in [0.5, 0.6) is 5.75 Å². The van der Waals surface area contributed by atoms with Crippen LogP contribution >= 0.6 is 0 Å². The van der Waals surface area contributed by atoms with Gasteiger partial charge in [-0.2, -0.15) is 0 Å². The van der Waals surface area contributed by atoms with E-state index in [1.807, 2.05) is 17.0 Å². The molecule has 1 aliphatic heterocycles. The molecule has 2 bridgehead atoms. The Morgan fingerprint density at radius 3 is 2.65 bits per heavy atom. The number of hydrogen-bond donors (Lipinski definition) is 1. The standard InChI is InChI=1S/C33H37N5O2/c1-36-31-25(14-24(16-29(31)40-2)33(39)38-18-22-10-12-27(38)30(22)34)35-32(36)28-15-23-13-20(6-5-19-3-4-19)9-11-26(23)37(28)17-21-7-8-21/h5-6,9,11,13-16,19,21-22,27,30H,3-4,7-8,10,12,17-18,34H2,1-2H3/b6-5+/t22-,27?,30?/m1/s1. The molecule has 3 atom stereocenters. The number of amides is 1. The van der Waals surface area contributed by atoms with Gasteiger partial charge in [0, 0.05) is 48.7 Å². The molecular formula is C33H37N5O2. The van der Waals surface area contributed by atoms with Crippen LogP contribution in [0.3, 0.4) is 0 Å². The van der Waals surface area contributed by atoms with Crippen molar-refractivity contribution in [2.24, 2.45) is 30.5 Å². The number of nitrogens with two attached hydrogens (primary N) is 1. The van der Waals surface area contributed by atoms with Crippen LogP contribution in [0.2, 0.25) is 0 Å². The van der Waals surface area contributed by atoms with E-state index >= 15 is 0 Å². The van der Waals surface area contributed by atoms with Crippen LogP contribution in [0.1, 0.15) is 54.4 Å². The summed E-state index contributed by atoms with van der Waals surface area (Å²) in [4.78, 5) is 20.8. The molecule has 2 N–H and O–H groups in total. The zero-order valence-electron chi connectivity index (χ0n) is 23.3. The van der Waals surface area contributed by atoms with Crippen LogP contribution in [-0.2, 0) is 13.6 Å². The molecular weight excluding hydrogens is 498 g/mol. The van der Waals surface area contributed by atoms with Gasteiger partial charge in [-0.15, -0.1) is 0 Å². The van der Waals surface area contributed by atoms with Crippen LogP contribution in [-0.4, -0.2) is 50.7 Å². The molecule has 206 valence electrons. The number of benzene rings is 2. The molecule has 1 amide bonds. The fourth-order valence-electron chi connectivity index (χ4n) is 7.14. The van der Waals surface area contributed by atoms with Crippen molar-refractivity contribution in [3.05, 3.63) is 53.6 Å². The highest BCUT2D eigenvalue weighted by atomic mass is 16.5. The Hall–Kier alpha value is -3.58. The third kappa shape index (κ3) is 3.89.